The first-order valence-corrected chi connectivity index (χ1v) is 6.61. The summed E-state index contributed by atoms with van der Waals surface area (Å²) in [6.07, 6.45) is 5.23. The fourth-order valence-electron chi connectivity index (χ4n) is 2.20. The Labute approximate surface area is 100 Å². The van der Waals surface area contributed by atoms with Crippen molar-refractivity contribution in [2.24, 2.45) is 0 Å². The van der Waals surface area contributed by atoms with Crippen LogP contribution in [-0.4, -0.2) is 6.54 Å². The highest BCUT2D eigenvalue weighted by Gasteiger charge is 2.11. The van der Waals surface area contributed by atoms with E-state index in [2.05, 4.69) is 40.3 Å². The van der Waals surface area contributed by atoms with E-state index >= 15 is 0 Å². The molecule has 82 valence electrons. The number of hydrogen-bond donors (Lipinski definition) is 1. The Morgan fingerprint density at radius 3 is 2.53 bits per heavy atom. The molecule has 1 aromatic rings. The summed E-state index contributed by atoms with van der Waals surface area (Å²) in [5.74, 6) is 0. The number of rotatable bonds is 3. The minimum Gasteiger partial charge on any atom is -0.313 e. The van der Waals surface area contributed by atoms with Gasteiger partial charge < -0.3 is 5.32 Å². The van der Waals surface area contributed by atoms with Gasteiger partial charge in [-0.1, -0.05) is 28.9 Å². The first-order valence-electron chi connectivity index (χ1n) is 5.82. The van der Waals surface area contributed by atoms with E-state index in [1.165, 1.54) is 35.7 Å². The molecule has 0 atom stereocenters. The molecule has 1 aliphatic carbocycles. The summed E-state index contributed by atoms with van der Waals surface area (Å²) < 4.78 is 1.27. The molecule has 1 aliphatic rings. The normalized spacial score (nSPS) is 15.1. The molecule has 0 unspecified atom stereocenters. The zero-order valence-corrected chi connectivity index (χ0v) is 10.9. The zero-order valence-electron chi connectivity index (χ0n) is 9.28. The number of fused-ring (bicyclic) bond motifs is 1. The van der Waals surface area contributed by atoms with E-state index in [4.69, 9.17) is 0 Å². The van der Waals surface area contributed by atoms with E-state index < -0.39 is 0 Å². The second kappa shape index (κ2) is 5.13. The number of benzene rings is 1. The molecule has 2 heteroatoms. The molecule has 1 N–H and O–H groups in total. The molecule has 1 aromatic carbocycles. The second-order valence-electron chi connectivity index (χ2n) is 4.20. The topological polar surface area (TPSA) is 12.0 Å². The maximum Gasteiger partial charge on any atom is 0.0223 e. The Bertz CT molecular complexity index is 347. The van der Waals surface area contributed by atoms with E-state index in [-0.39, 0.29) is 0 Å². The van der Waals surface area contributed by atoms with Crippen molar-refractivity contribution in [3.05, 3.63) is 33.3 Å². The average molecular weight is 268 g/mol. The lowest BCUT2D eigenvalue weighted by Crippen LogP contribution is -2.13. The van der Waals surface area contributed by atoms with Crippen LogP contribution >= 0.6 is 15.9 Å². The van der Waals surface area contributed by atoms with Crippen LogP contribution in [-0.2, 0) is 19.4 Å². The molecule has 0 heterocycles. The molecule has 0 fully saturated rings. The lowest BCUT2D eigenvalue weighted by Gasteiger charge is -2.18. The minimum absolute atomic E-state index is 0.977. The molecule has 1 nitrogen and oxygen atoms in total. The van der Waals surface area contributed by atoms with Gasteiger partial charge in [0, 0.05) is 11.0 Å². The van der Waals surface area contributed by atoms with Crippen LogP contribution in [0.5, 0.6) is 0 Å². The van der Waals surface area contributed by atoms with Gasteiger partial charge >= 0.3 is 0 Å². The Morgan fingerprint density at radius 2 is 1.87 bits per heavy atom. The monoisotopic (exact) mass is 267 g/mol. The summed E-state index contributed by atoms with van der Waals surface area (Å²) in [4.78, 5) is 0. The summed E-state index contributed by atoms with van der Waals surface area (Å²) in [6.45, 7) is 4.15. The van der Waals surface area contributed by atoms with Gasteiger partial charge in [-0.05, 0) is 55.0 Å². The van der Waals surface area contributed by atoms with Crippen LogP contribution in [0.4, 0.5) is 0 Å². The highest BCUT2D eigenvalue weighted by molar-refractivity contribution is 9.10. The van der Waals surface area contributed by atoms with Gasteiger partial charge in [-0.2, -0.15) is 0 Å². The molecule has 0 radical (unpaired) electrons. The van der Waals surface area contributed by atoms with Crippen LogP contribution in [0, 0.1) is 0 Å². The van der Waals surface area contributed by atoms with E-state index in [9.17, 15) is 0 Å². The molecule has 0 bridgehead atoms. The molecule has 0 spiro atoms. The van der Waals surface area contributed by atoms with Gasteiger partial charge in [0.05, 0.1) is 0 Å². The highest BCUT2D eigenvalue weighted by Crippen LogP contribution is 2.27. The average Bonchev–Trinajstić information content (AvgIpc) is 2.26. The fourth-order valence-corrected chi connectivity index (χ4v) is 2.73. The molecular weight excluding hydrogens is 250 g/mol. The molecule has 0 amide bonds. The predicted molar refractivity (Wildman–Crippen MR) is 68.2 cm³/mol. The van der Waals surface area contributed by atoms with E-state index in [1.54, 1.807) is 11.1 Å². The van der Waals surface area contributed by atoms with Crippen LogP contribution in [0.1, 0.15) is 36.5 Å². The third-order valence-corrected chi connectivity index (χ3v) is 3.81. The number of halogens is 1. The van der Waals surface area contributed by atoms with Crippen molar-refractivity contribution < 1.29 is 0 Å². The summed E-state index contributed by atoms with van der Waals surface area (Å²) in [5, 5.41) is 3.38. The van der Waals surface area contributed by atoms with Gasteiger partial charge in [-0.25, -0.2) is 0 Å². The molecule has 0 aromatic heterocycles. The highest BCUT2D eigenvalue weighted by atomic mass is 79.9. The van der Waals surface area contributed by atoms with Crippen molar-refractivity contribution in [2.45, 2.75) is 39.2 Å². The Morgan fingerprint density at radius 1 is 1.20 bits per heavy atom. The Hall–Kier alpha value is -0.340. The van der Waals surface area contributed by atoms with E-state index in [1.807, 2.05) is 0 Å². The van der Waals surface area contributed by atoms with Gasteiger partial charge in [0.1, 0.15) is 0 Å². The molecule has 0 aliphatic heterocycles. The molecular formula is C13H18BrN. The van der Waals surface area contributed by atoms with Crippen LogP contribution < -0.4 is 5.32 Å². The minimum atomic E-state index is 0.977. The maximum atomic E-state index is 3.67. The van der Waals surface area contributed by atoms with Gasteiger partial charge in [0.15, 0.2) is 0 Å². The largest absolute Gasteiger partial charge is 0.313 e. The number of aryl methyl sites for hydroxylation is 2. The lowest BCUT2D eigenvalue weighted by atomic mass is 9.90. The number of hydrogen-bond acceptors (Lipinski definition) is 1. The predicted octanol–water partition coefficient (Wildman–Crippen LogP) is 3.44. The van der Waals surface area contributed by atoms with Gasteiger partial charge in [-0.15, -0.1) is 0 Å². The van der Waals surface area contributed by atoms with Crippen molar-refractivity contribution in [2.75, 3.05) is 6.54 Å². The van der Waals surface area contributed by atoms with Gasteiger partial charge in [0.2, 0.25) is 0 Å². The molecule has 0 saturated carbocycles. The Balaban J connectivity index is 2.24. The van der Waals surface area contributed by atoms with E-state index in [0.29, 0.717) is 0 Å². The van der Waals surface area contributed by atoms with Crippen LogP contribution in [0.3, 0.4) is 0 Å². The molecule has 0 saturated heterocycles. The first kappa shape index (κ1) is 11.2. The van der Waals surface area contributed by atoms with Gasteiger partial charge in [0.25, 0.3) is 0 Å². The second-order valence-corrected chi connectivity index (χ2v) is 5.05. The van der Waals surface area contributed by atoms with Crippen LogP contribution in [0.25, 0.3) is 0 Å². The number of nitrogens with one attached hydrogen (secondary N) is 1. The smallest absolute Gasteiger partial charge is 0.0223 e. The molecule has 15 heavy (non-hydrogen) atoms. The van der Waals surface area contributed by atoms with Crippen LogP contribution in [0.2, 0.25) is 0 Å². The SMILES string of the molecule is CCNCc1cc2c(cc1Br)CCCC2. The summed E-state index contributed by atoms with van der Waals surface area (Å²) >= 11 is 3.67. The molecule has 2 rings (SSSR count). The van der Waals surface area contributed by atoms with Crippen molar-refractivity contribution in [1.29, 1.82) is 0 Å². The third-order valence-electron chi connectivity index (χ3n) is 3.08. The fraction of sp³-hybridized carbons (Fsp3) is 0.538. The van der Waals surface area contributed by atoms with Crippen LogP contribution in [0.15, 0.2) is 16.6 Å². The standard InChI is InChI=1S/C13H18BrN/c1-2-15-9-12-7-10-5-3-4-6-11(10)8-13(12)14/h7-8,15H,2-6,9H2,1H3. The Kier molecular flexibility index (Phi) is 3.81. The van der Waals surface area contributed by atoms with Crippen molar-refractivity contribution in [3.63, 3.8) is 0 Å². The third kappa shape index (κ3) is 2.61. The zero-order chi connectivity index (χ0) is 10.7. The maximum absolute atomic E-state index is 3.67. The summed E-state index contributed by atoms with van der Waals surface area (Å²) in [7, 11) is 0. The van der Waals surface area contributed by atoms with E-state index in [0.717, 1.165) is 13.1 Å². The first-order chi connectivity index (χ1) is 7.31. The quantitative estimate of drug-likeness (QED) is 0.885. The summed E-state index contributed by atoms with van der Waals surface area (Å²) in [5.41, 5.74) is 4.52. The van der Waals surface area contributed by atoms with Gasteiger partial charge in [-0.3, -0.25) is 0 Å². The van der Waals surface area contributed by atoms with Crippen molar-refractivity contribution in [3.8, 4) is 0 Å². The lowest BCUT2D eigenvalue weighted by molar-refractivity contribution is 0.678. The summed E-state index contributed by atoms with van der Waals surface area (Å²) in [6, 6.07) is 4.70. The van der Waals surface area contributed by atoms with Crippen molar-refractivity contribution >= 4 is 15.9 Å². The van der Waals surface area contributed by atoms with Crippen molar-refractivity contribution in [1.82, 2.24) is 5.32 Å².